The van der Waals surface area contributed by atoms with E-state index < -0.39 is 0 Å². The smallest absolute Gasteiger partial charge is 0.0934 e. The molecular formula is C13H22O2. The molecule has 0 aliphatic carbocycles. The van der Waals surface area contributed by atoms with Gasteiger partial charge in [-0.25, -0.2) is 0 Å². The molecule has 1 N–H and O–H groups in total. The van der Waals surface area contributed by atoms with Crippen molar-refractivity contribution in [2.24, 2.45) is 5.41 Å². The maximum atomic E-state index is 9.57. The molecule has 0 radical (unpaired) electrons. The summed E-state index contributed by atoms with van der Waals surface area (Å²) in [5.74, 6) is 0. The standard InChI is InChI=1S/C13H22O2/c1-3-5-7-13(4-2,11-14)9-12-6-8-15-10-12/h6,8,10,14H,3-5,7,9,11H2,1-2H3. The Morgan fingerprint density at radius 1 is 1.40 bits per heavy atom. The first-order valence-corrected chi connectivity index (χ1v) is 5.88. The normalized spacial score (nSPS) is 15.1. The molecule has 0 fully saturated rings. The molecule has 0 saturated carbocycles. The average molecular weight is 210 g/mol. The molecule has 0 bridgehead atoms. The highest BCUT2D eigenvalue weighted by molar-refractivity contribution is 5.08. The van der Waals surface area contributed by atoms with Crippen molar-refractivity contribution >= 4 is 0 Å². The monoisotopic (exact) mass is 210 g/mol. The van der Waals surface area contributed by atoms with Crippen LogP contribution in [0.4, 0.5) is 0 Å². The summed E-state index contributed by atoms with van der Waals surface area (Å²) in [4.78, 5) is 0. The van der Waals surface area contributed by atoms with Crippen molar-refractivity contribution in [3.63, 3.8) is 0 Å². The second-order valence-electron chi connectivity index (χ2n) is 4.42. The van der Waals surface area contributed by atoms with Gasteiger partial charge < -0.3 is 9.52 Å². The second kappa shape index (κ2) is 5.96. The first-order valence-electron chi connectivity index (χ1n) is 5.88. The molecule has 86 valence electrons. The number of aliphatic hydroxyl groups excluding tert-OH is 1. The Balaban J connectivity index is 2.63. The molecule has 1 rings (SSSR count). The van der Waals surface area contributed by atoms with Crippen LogP contribution in [0, 0.1) is 5.41 Å². The van der Waals surface area contributed by atoms with Gasteiger partial charge in [-0.05, 0) is 36.3 Å². The third-order valence-electron chi connectivity index (χ3n) is 3.31. The van der Waals surface area contributed by atoms with Crippen LogP contribution < -0.4 is 0 Å². The predicted octanol–water partition coefficient (Wildman–Crippen LogP) is 3.40. The first-order chi connectivity index (χ1) is 7.26. The van der Waals surface area contributed by atoms with Gasteiger partial charge in [0.05, 0.1) is 12.5 Å². The summed E-state index contributed by atoms with van der Waals surface area (Å²) in [6.07, 6.45) is 8.91. The Labute approximate surface area is 92.3 Å². The van der Waals surface area contributed by atoms with Crippen LogP contribution in [0.1, 0.15) is 45.1 Å². The Hall–Kier alpha value is -0.760. The summed E-state index contributed by atoms with van der Waals surface area (Å²) in [6, 6.07) is 1.99. The van der Waals surface area contributed by atoms with Crippen molar-refractivity contribution in [3.8, 4) is 0 Å². The summed E-state index contributed by atoms with van der Waals surface area (Å²) >= 11 is 0. The lowest BCUT2D eigenvalue weighted by atomic mass is 9.76. The van der Waals surface area contributed by atoms with E-state index in [9.17, 15) is 5.11 Å². The van der Waals surface area contributed by atoms with Gasteiger partial charge in [-0.15, -0.1) is 0 Å². The van der Waals surface area contributed by atoms with Gasteiger partial charge in [-0.1, -0.05) is 26.7 Å². The van der Waals surface area contributed by atoms with E-state index in [-0.39, 0.29) is 12.0 Å². The molecule has 0 amide bonds. The second-order valence-corrected chi connectivity index (χ2v) is 4.42. The van der Waals surface area contributed by atoms with Crippen molar-refractivity contribution in [2.75, 3.05) is 6.61 Å². The third-order valence-corrected chi connectivity index (χ3v) is 3.31. The zero-order valence-electron chi connectivity index (χ0n) is 9.83. The molecule has 15 heavy (non-hydrogen) atoms. The number of rotatable bonds is 7. The Morgan fingerprint density at radius 3 is 2.67 bits per heavy atom. The summed E-state index contributed by atoms with van der Waals surface area (Å²) in [5.41, 5.74) is 1.25. The average Bonchev–Trinajstić information content (AvgIpc) is 2.77. The fourth-order valence-electron chi connectivity index (χ4n) is 2.01. The lowest BCUT2D eigenvalue weighted by Gasteiger charge is -2.30. The van der Waals surface area contributed by atoms with Gasteiger partial charge in [0.25, 0.3) is 0 Å². The fraction of sp³-hybridized carbons (Fsp3) is 0.692. The largest absolute Gasteiger partial charge is 0.472 e. The van der Waals surface area contributed by atoms with E-state index in [2.05, 4.69) is 13.8 Å². The topological polar surface area (TPSA) is 33.4 Å². The molecule has 1 aromatic heterocycles. The summed E-state index contributed by atoms with van der Waals surface area (Å²) in [6.45, 7) is 4.62. The van der Waals surface area contributed by atoms with Crippen LogP contribution in [-0.2, 0) is 6.42 Å². The van der Waals surface area contributed by atoms with Gasteiger partial charge >= 0.3 is 0 Å². The van der Waals surface area contributed by atoms with Crippen molar-refractivity contribution in [1.29, 1.82) is 0 Å². The van der Waals surface area contributed by atoms with E-state index in [1.807, 2.05) is 6.07 Å². The van der Waals surface area contributed by atoms with Gasteiger partial charge in [-0.3, -0.25) is 0 Å². The van der Waals surface area contributed by atoms with Crippen LogP contribution in [0.2, 0.25) is 0 Å². The van der Waals surface area contributed by atoms with E-state index in [1.54, 1.807) is 12.5 Å². The van der Waals surface area contributed by atoms with Gasteiger partial charge in [0, 0.05) is 6.61 Å². The summed E-state index contributed by atoms with van der Waals surface area (Å²) in [5, 5.41) is 9.57. The highest BCUT2D eigenvalue weighted by Crippen LogP contribution is 2.32. The van der Waals surface area contributed by atoms with E-state index in [1.165, 1.54) is 18.4 Å². The highest BCUT2D eigenvalue weighted by Gasteiger charge is 2.27. The molecule has 0 aliphatic heterocycles. The molecule has 2 heteroatoms. The Bertz CT molecular complexity index is 248. The maximum absolute atomic E-state index is 9.57. The van der Waals surface area contributed by atoms with Gasteiger partial charge in [-0.2, -0.15) is 0 Å². The number of hydrogen-bond acceptors (Lipinski definition) is 2. The minimum atomic E-state index is 0.0554. The van der Waals surface area contributed by atoms with Crippen LogP contribution >= 0.6 is 0 Å². The molecule has 0 aliphatic rings. The SMILES string of the molecule is CCCCC(CC)(CO)Cc1ccoc1. The Kier molecular flexibility index (Phi) is 4.89. The number of hydrogen-bond donors (Lipinski definition) is 1. The zero-order chi connectivity index (χ0) is 11.1. The van der Waals surface area contributed by atoms with Gasteiger partial charge in [0.15, 0.2) is 0 Å². The van der Waals surface area contributed by atoms with Crippen LogP contribution in [0.5, 0.6) is 0 Å². The molecule has 1 aromatic rings. The lowest BCUT2D eigenvalue weighted by molar-refractivity contribution is 0.107. The van der Waals surface area contributed by atoms with E-state index in [0.29, 0.717) is 0 Å². The summed E-state index contributed by atoms with van der Waals surface area (Å²) in [7, 11) is 0. The van der Waals surface area contributed by atoms with Crippen molar-refractivity contribution in [2.45, 2.75) is 46.0 Å². The maximum Gasteiger partial charge on any atom is 0.0934 e. The fourth-order valence-corrected chi connectivity index (χ4v) is 2.01. The van der Waals surface area contributed by atoms with Crippen LogP contribution in [0.25, 0.3) is 0 Å². The number of furan rings is 1. The van der Waals surface area contributed by atoms with Crippen molar-refractivity contribution in [3.05, 3.63) is 24.2 Å². The van der Waals surface area contributed by atoms with Crippen molar-refractivity contribution < 1.29 is 9.52 Å². The molecule has 0 spiro atoms. The van der Waals surface area contributed by atoms with Gasteiger partial charge in [0.1, 0.15) is 0 Å². The molecule has 2 nitrogen and oxygen atoms in total. The van der Waals surface area contributed by atoms with Crippen LogP contribution in [0.3, 0.4) is 0 Å². The molecular weight excluding hydrogens is 188 g/mol. The van der Waals surface area contributed by atoms with Crippen LogP contribution in [-0.4, -0.2) is 11.7 Å². The molecule has 1 unspecified atom stereocenters. The molecule has 0 saturated heterocycles. The first kappa shape index (κ1) is 12.3. The summed E-state index contributed by atoms with van der Waals surface area (Å²) < 4.78 is 5.07. The molecule has 1 heterocycles. The number of unbranched alkanes of at least 4 members (excludes halogenated alkanes) is 1. The molecule has 0 aromatic carbocycles. The van der Waals surface area contributed by atoms with E-state index >= 15 is 0 Å². The van der Waals surface area contributed by atoms with E-state index in [0.717, 1.165) is 19.3 Å². The lowest BCUT2D eigenvalue weighted by Crippen LogP contribution is -2.27. The highest BCUT2D eigenvalue weighted by atomic mass is 16.3. The number of aliphatic hydroxyl groups is 1. The van der Waals surface area contributed by atoms with Gasteiger partial charge in [0.2, 0.25) is 0 Å². The zero-order valence-corrected chi connectivity index (χ0v) is 9.83. The minimum Gasteiger partial charge on any atom is -0.472 e. The van der Waals surface area contributed by atoms with E-state index in [4.69, 9.17) is 4.42 Å². The molecule has 1 atom stereocenters. The minimum absolute atomic E-state index is 0.0554. The van der Waals surface area contributed by atoms with Crippen LogP contribution in [0.15, 0.2) is 23.0 Å². The predicted molar refractivity (Wildman–Crippen MR) is 61.7 cm³/mol. The Morgan fingerprint density at radius 2 is 2.20 bits per heavy atom. The quantitative estimate of drug-likeness (QED) is 0.748. The third kappa shape index (κ3) is 3.38. The van der Waals surface area contributed by atoms with Crippen molar-refractivity contribution in [1.82, 2.24) is 0 Å².